The fraction of sp³-hybridized carbons (Fsp3) is 0.909. The molecular formula is C11H25N3. The van der Waals surface area contributed by atoms with Crippen molar-refractivity contribution >= 4 is 5.84 Å². The molecule has 0 radical (unpaired) electrons. The molecule has 0 rings (SSSR count). The van der Waals surface area contributed by atoms with E-state index >= 15 is 0 Å². The van der Waals surface area contributed by atoms with E-state index < -0.39 is 0 Å². The first-order valence-electron chi connectivity index (χ1n) is 5.47. The highest BCUT2D eigenvalue weighted by atomic mass is 15.2. The molecule has 14 heavy (non-hydrogen) atoms. The maximum atomic E-state index is 7.90. The molecule has 0 saturated carbocycles. The van der Waals surface area contributed by atoms with Crippen molar-refractivity contribution in [1.29, 1.82) is 5.41 Å². The van der Waals surface area contributed by atoms with Gasteiger partial charge in [-0.2, -0.15) is 0 Å². The second-order valence-corrected chi connectivity index (χ2v) is 4.28. The summed E-state index contributed by atoms with van der Waals surface area (Å²) in [6, 6.07) is 0. The number of nitrogens with zero attached hydrogens (tertiary/aromatic N) is 2. The summed E-state index contributed by atoms with van der Waals surface area (Å²) in [5, 5.41) is 7.90. The summed E-state index contributed by atoms with van der Waals surface area (Å²) in [6.45, 7) is 9.33. The summed E-state index contributed by atoms with van der Waals surface area (Å²) < 4.78 is 0. The first-order valence-corrected chi connectivity index (χ1v) is 5.47. The molecule has 1 N–H and O–H groups in total. The van der Waals surface area contributed by atoms with Crippen molar-refractivity contribution in [3.63, 3.8) is 0 Å². The van der Waals surface area contributed by atoms with Crippen LogP contribution >= 0.6 is 0 Å². The summed E-state index contributed by atoms with van der Waals surface area (Å²) in [5.74, 6) is 1.11. The van der Waals surface area contributed by atoms with Crippen molar-refractivity contribution in [2.45, 2.75) is 27.2 Å². The summed E-state index contributed by atoms with van der Waals surface area (Å²) in [4.78, 5) is 4.35. The lowest BCUT2D eigenvalue weighted by Crippen LogP contribution is -2.35. The van der Waals surface area contributed by atoms with Gasteiger partial charge in [0.25, 0.3) is 0 Å². The van der Waals surface area contributed by atoms with Gasteiger partial charge in [-0.25, -0.2) is 0 Å². The molecule has 0 bridgehead atoms. The van der Waals surface area contributed by atoms with E-state index in [1.54, 1.807) is 0 Å². The number of nitrogens with one attached hydrogen (secondary N) is 1. The lowest BCUT2D eigenvalue weighted by molar-refractivity contribution is 0.346. The Morgan fingerprint density at radius 3 is 2.14 bits per heavy atom. The van der Waals surface area contributed by atoms with Crippen molar-refractivity contribution in [3.05, 3.63) is 0 Å². The number of hydrogen-bond donors (Lipinski definition) is 1. The Bertz CT molecular complexity index is 164. The number of hydrogen-bond acceptors (Lipinski definition) is 2. The zero-order chi connectivity index (χ0) is 11.1. The Labute approximate surface area is 88.6 Å². The van der Waals surface area contributed by atoms with Crippen molar-refractivity contribution in [2.24, 2.45) is 5.92 Å². The molecule has 0 heterocycles. The fourth-order valence-electron chi connectivity index (χ4n) is 1.39. The van der Waals surface area contributed by atoms with E-state index in [4.69, 9.17) is 5.41 Å². The van der Waals surface area contributed by atoms with Crippen LogP contribution in [0.1, 0.15) is 27.2 Å². The van der Waals surface area contributed by atoms with Crippen LogP contribution in [0.5, 0.6) is 0 Å². The Morgan fingerprint density at radius 2 is 1.79 bits per heavy atom. The second-order valence-electron chi connectivity index (χ2n) is 4.28. The molecule has 0 aliphatic carbocycles. The van der Waals surface area contributed by atoms with Gasteiger partial charge in [0.1, 0.15) is 0 Å². The third kappa shape index (κ3) is 5.22. The van der Waals surface area contributed by atoms with E-state index in [9.17, 15) is 0 Å². The van der Waals surface area contributed by atoms with Gasteiger partial charge < -0.3 is 9.80 Å². The lowest BCUT2D eigenvalue weighted by atomic mass is 10.1. The highest BCUT2D eigenvalue weighted by Crippen LogP contribution is 2.02. The molecule has 3 heteroatoms. The van der Waals surface area contributed by atoms with E-state index in [1.165, 1.54) is 0 Å². The second kappa shape index (κ2) is 6.82. The minimum Gasteiger partial charge on any atom is -0.361 e. The molecule has 0 aliphatic rings. The predicted molar refractivity (Wildman–Crippen MR) is 63.0 cm³/mol. The van der Waals surface area contributed by atoms with Gasteiger partial charge in [0.2, 0.25) is 0 Å². The standard InChI is InChI=1S/C11H25N3/c1-6-14(11(12)10(2)3)9-7-8-13(4)5/h10,12H,6-9H2,1-5H3. The maximum absolute atomic E-state index is 7.90. The fourth-order valence-corrected chi connectivity index (χ4v) is 1.39. The molecule has 0 spiro atoms. The first-order chi connectivity index (χ1) is 6.49. The van der Waals surface area contributed by atoms with Crippen molar-refractivity contribution < 1.29 is 0 Å². The van der Waals surface area contributed by atoms with Crippen molar-refractivity contribution in [2.75, 3.05) is 33.7 Å². The van der Waals surface area contributed by atoms with Crippen LogP contribution < -0.4 is 0 Å². The Hall–Kier alpha value is -0.570. The first kappa shape index (κ1) is 13.4. The Balaban J connectivity index is 3.85. The van der Waals surface area contributed by atoms with E-state index in [1.807, 2.05) is 0 Å². The van der Waals surface area contributed by atoms with Gasteiger partial charge >= 0.3 is 0 Å². The Kier molecular flexibility index (Phi) is 6.54. The summed E-state index contributed by atoms with van der Waals surface area (Å²) in [5.41, 5.74) is 0. The molecule has 0 aromatic carbocycles. The molecule has 0 saturated heterocycles. The largest absolute Gasteiger partial charge is 0.361 e. The van der Waals surface area contributed by atoms with E-state index in [-0.39, 0.29) is 0 Å². The molecule has 84 valence electrons. The average molecular weight is 199 g/mol. The van der Waals surface area contributed by atoms with Crippen LogP contribution in [0.3, 0.4) is 0 Å². The molecule has 0 aliphatic heterocycles. The SMILES string of the molecule is CCN(CCCN(C)C)C(=N)C(C)C. The van der Waals surface area contributed by atoms with Crippen LogP contribution in [-0.2, 0) is 0 Å². The van der Waals surface area contributed by atoms with E-state index in [2.05, 4.69) is 44.7 Å². The minimum atomic E-state index is 0.342. The minimum absolute atomic E-state index is 0.342. The van der Waals surface area contributed by atoms with Gasteiger partial charge in [0.05, 0.1) is 5.84 Å². The van der Waals surface area contributed by atoms with Gasteiger partial charge in [-0.05, 0) is 34.0 Å². The summed E-state index contributed by atoms with van der Waals surface area (Å²) in [6.07, 6.45) is 1.13. The van der Waals surface area contributed by atoms with Gasteiger partial charge in [-0.1, -0.05) is 13.8 Å². The highest BCUT2D eigenvalue weighted by Gasteiger charge is 2.10. The Morgan fingerprint density at radius 1 is 1.21 bits per heavy atom. The quantitative estimate of drug-likeness (QED) is 0.523. The zero-order valence-corrected chi connectivity index (χ0v) is 10.3. The predicted octanol–water partition coefficient (Wildman–Crippen LogP) is 1.89. The molecule has 0 aromatic rings. The molecule has 3 nitrogen and oxygen atoms in total. The van der Waals surface area contributed by atoms with Gasteiger partial charge in [0, 0.05) is 19.0 Å². The monoisotopic (exact) mass is 199 g/mol. The maximum Gasteiger partial charge on any atom is 0.0983 e. The number of rotatable bonds is 6. The lowest BCUT2D eigenvalue weighted by Gasteiger charge is -2.26. The molecule has 0 unspecified atom stereocenters. The molecule has 0 fully saturated rings. The topological polar surface area (TPSA) is 30.3 Å². The van der Waals surface area contributed by atoms with Crippen molar-refractivity contribution in [3.8, 4) is 0 Å². The normalized spacial score (nSPS) is 11.1. The summed E-state index contributed by atoms with van der Waals surface area (Å²) in [7, 11) is 4.17. The van der Waals surface area contributed by atoms with Crippen molar-refractivity contribution in [1.82, 2.24) is 9.80 Å². The van der Waals surface area contributed by atoms with Crippen LogP contribution in [0, 0.1) is 11.3 Å². The number of amidine groups is 1. The van der Waals surface area contributed by atoms with Crippen LogP contribution in [0.15, 0.2) is 0 Å². The molecule has 0 amide bonds. The molecule has 0 atom stereocenters. The van der Waals surface area contributed by atoms with Crippen LogP contribution in [0.2, 0.25) is 0 Å². The third-order valence-electron chi connectivity index (χ3n) is 2.30. The smallest absolute Gasteiger partial charge is 0.0983 e. The molecular weight excluding hydrogens is 174 g/mol. The summed E-state index contributed by atoms with van der Waals surface area (Å²) >= 11 is 0. The van der Waals surface area contributed by atoms with E-state index in [0.717, 1.165) is 31.9 Å². The molecule has 0 aromatic heterocycles. The third-order valence-corrected chi connectivity index (χ3v) is 2.30. The van der Waals surface area contributed by atoms with Gasteiger partial charge in [-0.3, -0.25) is 5.41 Å². The van der Waals surface area contributed by atoms with E-state index in [0.29, 0.717) is 5.92 Å². The van der Waals surface area contributed by atoms with Crippen LogP contribution in [0.4, 0.5) is 0 Å². The van der Waals surface area contributed by atoms with Crippen LogP contribution in [-0.4, -0.2) is 49.4 Å². The highest BCUT2D eigenvalue weighted by molar-refractivity contribution is 5.80. The zero-order valence-electron chi connectivity index (χ0n) is 10.3. The van der Waals surface area contributed by atoms with Gasteiger partial charge in [0.15, 0.2) is 0 Å². The van der Waals surface area contributed by atoms with Crippen LogP contribution in [0.25, 0.3) is 0 Å². The van der Waals surface area contributed by atoms with Gasteiger partial charge in [-0.15, -0.1) is 0 Å². The average Bonchev–Trinajstić information content (AvgIpc) is 2.10.